The molecule has 2 aromatic heterocycles. The quantitative estimate of drug-likeness (QED) is 0.583. The van der Waals surface area contributed by atoms with E-state index in [-0.39, 0.29) is 17.3 Å². The van der Waals surface area contributed by atoms with Crippen LogP contribution in [0.3, 0.4) is 0 Å². The molecule has 5 heterocycles. The SMILES string of the molecule is Cc1cnn2c(N3CCC4(CC3)SC3CC[C@@H](c5cc(F)cc(F)c5)N3C4=O)ccnc12. The van der Waals surface area contributed by atoms with E-state index in [0.29, 0.717) is 5.56 Å². The number of piperidine rings is 1. The molecule has 1 unspecified atom stereocenters. The Morgan fingerprint density at radius 2 is 1.88 bits per heavy atom. The van der Waals surface area contributed by atoms with Gasteiger partial charge in [-0.1, -0.05) is 0 Å². The van der Waals surface area contributed by atoms with Crippen LogP contribution in [0.1, 0.15) is 42.9 Å². The third kappa shape index (κ3) is 2.93. The molecule has 3 saturated heterocycles. The van der Waals surface area contributed by atoms with Gasteiger partial charge in [-0.25, -0.2) is 13.8 Å². The molecular weight excluding hydrogens is 432 g/mol. The Morgan fingerprint density at radius 1 is 1.12 bits per heavy atom. The lowest BCUT2D eigenvalue weighted by atomic mass is 9.93. The fourth-order valence-electron chi connectivity index (χ4n) is 5.47. The van der Waals surface area contributed by atoms with Gasteiger partial charge in [-0.05, 0) is 56.4 Å². The molecule has 0 radical (unpaired) electrons. The van der Waals surface area contributed by atoms with Crippen LogP contribution in [-0.2, 0) is 4.79 Å². The molecule has 0 N–H and O–H groups in total. The molecule has 0 bridgehead atoms. The van der Waals surface area contributed by atoms with Gasteiger partial charge in [-0.2, -0.15) is 9.61 Å². The molecule has 166 valence electrons. The van der Waals surface area contributed by atoms with Crippen molar-refractivity contribution in [2.24, 2.45) is 0 Å². The first-order valence-corrected chi connectivity index (χ1v) is 11.8. The van der Waals surface area contributed by atoms with Crippen molar-refractivity contribution in [1.82, 2.24) is 19.5 Å². The van der Waals surface area contributed by atoms with Crippen LogP contribution in [0.25, 0.3) is 5.65 Å². The molecule has 3 aliphatic rings. The summed E-state index contributed by atoms with van der Waals surface area (Å²) in [5, 5.41) is 4.55. The average molecular weight is 456 g/mol. The Morgan fingerprint density at radius 3 is 2.62 bits per heavy atom. The van der Waals surface area contributed by atoms with Gasteiger partial charge < -0.3 is 9.80 Å². The number of carbonyl (C=O) groups excluding carboxylic acids is 1. The summed E-state index contributed by atoms with van der Waals surface area (Å²) in [5.74, 6) is -0.0808. The molecule has 3 fully saturated rings. The Kier molecular flexibility index (Phi) is 4.47. The third-order valence-electron chi connectivity index (χ3n) is 7.04. The molecule has 1 amide bonds. The number of aryl methyl sites for hydroxylation is 1. The third-order valence-corrected chi connectivity index (χ3v) is 8.81. The number of halogens is 2. The van der Waals surface area contributed by atoms with Gasteiger partial charge in [0.05, 0.1) is 17.6 Å². The van der Waals surface area contributed by atoms with E-state index in [9.17, 15) is 13.6 Å². The van der Waals surface area contributed by atoms with Gasteiger partial charge in [0.15, 0.2) is 5.65 Å². The maximum absolute atomic E-state index is 13.8. The first-order chi connectivity index (χ1) is 15.4. The van der Waals surface area contributed by atoms with E-state index in [1.165, 1.54) is 12.1 Å². The van der Waals surface area contributed by atoms with Crippen LogP contribution in [0.2, 0.25) is 0 Å². The number of carbonyl (C=O) groups is 1. The van der Waals surface area contributed by atoms with Crippen molar-refractivity contribution in [2.75, 3.05) is 18.0 Å². The predicted molar refractivity (Wildman–Crippen MR) is 118 cm³/mol. The van der Waals surface area contributed by atoms with Crippen LogP contribution < -0.4 is 4.90 Å². The molecular formula is C23H23F2N5OS. The van der Waals surface area contributed by atoms with Crippen LogP contribution in [0.5, 0.6) is 0 Å². The Bertz CT molecular complexity index is 1200. The van der Waals surface area contributed by atoms with Crippen molar-refractivity contribution in [3.8, 4) is 0 Å². The number of anilines is 1. The standard InChI is InChI=1S/C23H23F2N5OS/c1-14-13-27-30-19(4-7-26-21(14)30)28-8-5-23(6-9-28)22(31)29-18(2-3-20(29)32-23)15-10-16(24)12-17(25)11-15/h4,7,10-13,18,20H,2-3,5-6,8-9H2,1H3/t18-,20?/m0/s1. The average Bonchev–Trinajstić information content (AvgIpc) is 3.43. The van der Waals surface area contributed by atoms with E-state index in [0.717, 1.165) is 61.9 Å². The minimum absolute atomic E-state index is 0.0757. The number of amides is 1. The van der Waals surface area contributed by atoms with E-state index in [4.69, 9.17) is 0 Å². The van der Waals surface area contributed by atoms with Crippen LogP contribution >= 0.6 is 11.8 Å². The maximum atomic E-state index is 13.8. The molecule has 6 rings (SSSR count). The number of aromatic nitrogens is 3. The molecule has 9 heteroatoms. The zero-order chi connectivity index (χ0) is 22.0. The molecule has 32 heavy (non-hydrogen) atoms. The second-order valence-corrected chi connectivity index (χ2v) is 10.5. The first-order valence-electron chi connectivity index (χ1n) is 11.0. The van der Waals surface area contributed by atoms with Gasteiger partial charge in [0.25, 0.3) is 0 Å². The summed E-state index contributed by atoms with van der Waals surface area (Å²) in [6.07, 6.45) is 6.68. The molecule has 1 aromatic carbocycles. The molecule has 0 aliphatic carbocycles. The van der Waals surface area contributed by atoms with Crippen LogP contribution in [0.15, 0.2) is 36.7 Å². The normalized spacial score (nSPS) is 24.7. The number of thioether (sulfide) groups is 1. The monoisotopic (exact) mass is 455 g/mol. The summed E-state index contributed by atoms with van der Waals surface area (Å²) >= 11 is 1.75. The van der Waals surface area contributed by atoms with Gasteiger partial charge in [0.2, 0.25) is 5.91 Å². The van der Waals surface area contributed by atoms with E-state index < -0.39 is 16.4 Å². The highest BCUT2D eigenvalue weighted by Crippen LogP contribution is 2.55. The lowest BCUT2D eigenvalue weighted by molar-refractivity contribution is -0.134. The smallest absolute Gasteiger partial charge is 0.240 e. The second-order valence-electron chi connectivity index (χ2n) is 8.93. The minimum atomic E-state index is -0.594. The Balaban J connectivity index is 1.24. The fraction of sp³-hybridized carbons (Fsp3) is 0.435. The van der Waals surface area contributed by atoms with Crippen LogP contribution in [0, 0.1) is 18.6 Å². The largest absolute Gasteiger partial charge is 0.356 e. The van der Waals surface area contributed by atoms with Gasteiger partial charge in [-0.3, -0.25) is 4.79 Å². The van der Waals surface area contributed by atoms with Crippen molar-refractivity contribution < 1.29 is 13.6 Å². The van der Waals surface area contributed by atoms with Gasteiger partial charge in [0, 0.05) is 30.9 Å². The molecule has 2 atom stereocenters. The van der Waals surface area contributed by atoms with E-state index >= 15 is 0 Å². The van der Waals surface area contributed by atoms with Crippen LogP contribution in [-0.4, -0.2) is 48.6 Å². The number of rotatable bonds is 2. The summed E-state index contributed by atoms with van der Waals surface area (Å²) in [7, 11) is 0. The van der Waals surface area contributed by atoms with Gasteiger partial charge >= 0.3 is 0 Å². The highest BCUT2D eigenvalue weighted by Gasteiger charge is 2.57. The predicted octanol–water partition coefficient (Wildman–Crippen LogP) is 4.09. The summed E-state index contributed by atoms with van der Waals surface area (Å²) in [4.78, 5) is 22.2. The number of nitrogens with zero attached hydrogens (tertiary/aromatic N) is 5. The van der Waals surface area contributed by atoms with Crippen LogP contribution in [0.4, 0.5) is 14.6 Å². The Labute approximate surface area is 188 Å². The van der Waals surface area contributed by atoms with Crippen molar-refractivity contribution >= 4 is 29.1 Å². The summed E-state index contributed by atoms with van der Waals surface area (Å²) in [5.41, 5.74) is 2.43. The van der Waals surface area contributed by atoms with Crippen molar-refractivity contribution in [3.63, 3.8) is 0 Å². The highest BCUT2D eigenvalue weighted by atomic mass is 32.2. The van der Waals surface area contributed by atoms with E-state index in [1.807, 2.05) is 28.6 Å². The zero-order valence-electron chi connectivity index (χ0n) is 17.7. The lowest BCUT2D eigenvalue weighted by Gasteiger charge is -2.38. The maximum Gasteiger partial charge on any atom is 0.240 e. The second kappa shape index (κ2) is 7.16. The molecule has 3 aliphatic heterocycles. The topological polar surface area (TPSA) is 53.7 Å². The summed E-state index contributed by atoms with van der Waals surface area (Å²) in [6.45, 7) is 3.49. The van der Waals surface area contributed by atoms with Crippen molar-refractivity contribution in [2.45, 2.75) is 48.8 Å². The number of benzene rings is 1. The fourth-order valence-corrected chi connectivity index (χ4v) is 7.22. The number of fused-ring (bicyclic) bond motifs is 2. The van der Waals surface area contributed by atoms with Gasteiger partial charge in [-0.15, -0.1) is 11.8 Å². The van der Waals surface area contributed by atoms with Crippen molar-refractivity contribution in [1.29, 1.82) is 0 Å². The summed E-state index contributed by atoms with van der Waals surface area (Å²) in [6, 6.07) is 5.32. The molecule has 0 saturated carbocycles. The molecule has 6 nitrogen and oxygen atoms in total. The molecule has 1 spiro atoms. The summed E-state index contributed by atoms with van der Waals surface area (Å²) < 4.78 is 29.0. The highest BCUT2D eigenvalue weighted by molar-refractivity contribution is 8.02. The lowest BCUT2D eigenvalue weighted by Crippen LogP contribution is -2.48. The first kappa shape index (κ1) is 20.0. The van der Waals surface area contributed by atoms with E-state index in [1.54, 1.807) is 18.0 Å². The number of hydrogen-bond acceptors (Lipinski definition) is 5. The zero-order valence-corrected chi connectivity index (χ0v) is 18.5. The van der Waals surface area contributed by atoms with Gasteiger partial charge in [0.1, 0.15) is 22.2 Å². The Hall–Kier alpha value is -2.68. The number of hydrogen-bond donors (Lipinski definition) is 0. The van der Waals surface area contributed by atoms with Crippen molar-refractivity contribution in [3.05, 3.63) is 59.4 Å². The molecule has 3 aromatic rings. The van der Waals surface area contributed by atoms with E-state index in [2.05, 4.69) is 15.0 Å². The minimum Gasteiger partial charge on any atom is -0.356 e.